The molecule has 0 unspecified atom stereocenters. The minimum atomic E-state index is -0.366. The lowest BCUT2D eigenvalue weighted by Gasteiger charge is -2.29. The maximum atomic E-state index is 13.7. The molecule has 1 aliphatic carbocycles. The zero-order valence-electron chi connectivity index (χ0n) is 17.0. The summed E-state index contributed by atoms with van der Waals surface area (Å²) >= 11 is 5.78. The molecule has 0 N–H and O–H groups in total. The molecule has 4 rings (SSSR count). The fourth-order valence-corrected chi connectivity index (χ4v) is 4.65. The van der Waals surface area contributed by atoms with Gasteiger partial charge in [-0.2, -0.15) is 0 Å². The summed E-state index contributed by atoms with van der Waals surface area (Å²) in [6, 6.07) is 22.6. The second-order valence-corrected chi connectivity index (χ2v) is 8.90. The van der Waals surface area contributed by atoms with Crippen molar-refractivity contribution in [2.24, 2.45) is 5.92 Å². The van der Waals surface area contributed by atoms with Gasteiger partial charge in [-0.25, -0.2) is 4.39 Å². The van der Waals surface area contributed by atoms with Gasteiger partial charge in [0.25, 0.3) is 0 Å². The third-order valence-electron chi connectivity index (χ3n) is 6.44. The molecule has 0 aliphatic heterocycles. The molecular weight excluding hydrogens is 379 g/mol. The van der Waals surface area contributed by atoms with Gasteiger partial charge in [-0.15, -0.1) is 0 Å². The van der Waals surface area contributed by atoms with Crippen molar-refractivity contribution in [2.45, 2.75) is 51.4 Å². The standard InChI is InChI=1S/C27H28ClF/c1-19-2-10-22(11-3-19)23-12-6-20(7-13-23)4-5-21-8-14-24(15-9-21)25-16-17-26(28)27(29)18-25/h2-3,8-11,14-18,20,23H,4-7,12-13H2,1H3/t20-,23-. The van der Waals surface area contributed by atoms with Gasteiger partial charge in [-0.3, -0.25) is 0 Å². The van der Waals surface area contributed by atoms with Crippen LogP contribution < -0.4 is 0 Å². The molecule has 1 fully saturated rings. The van der Waals surface area contributed by atoms with Crippen LogP contribution in [0.15, 0.2) is 66.7 Å². The summed E-state index contributed by atoms with van der Waals surface area (Å²) in [5, 5.41) is 0.169. The average Bonchev–Trinajstić information content (AvgIpc) is 2.76. The Morgan fingerprint density at radius 1 is 0.828 bits per heavy atom. The molecule has 0 nitrogen and oxygen atoms in total. The Labute approximate surface area is 178 Å². The number of aryl methyl sites for hydroxylation is 2. The molecular formula is C27H28ClF. The van der Waals surface area contributed by atoms with Gasteiger partial charge >= 0.3 is 0 Å². The Morgan fingerprint density at radius 2 is 1.48 bits per heavy atom. The van der Waals surface area contributed by atoms with Crippen molar-refractivity contribution in [3.05, 3.63) is 94.3 Å². The zero-order chi connectivity index (χ0) is 20.2. The minimum absolute atomic E-state index is 0.169. The molecule has 0 amide bonds. The Hall–Kier alpha value is -2.12. The number of benzene rings is 3. The maximum Gasteiger partial charge on any atom is 0.142 e. The van der Waals surface area contributed by atoms with E-state index in [4.69, 9.17) is 11.6 Å². The van der Waals surface area contributed by atoms with Crippen molar-refractivity contribution in [3.63, 3.8) is 0 Å². The smallest absolute Gasteiger partial charge is 0.142 e. The number of rotatable bonds is 5. The molecule has 29 heavy (non-hydrogen) atoms. The SMILES string of the molecule is Cc1ccc([C@H]2CC[C@H](CCc3ccc(-c4ccc(Cl)c(F)c4)cc3)CC2)cc1. The highest BCUT2D eigenvalue weighted by atomic mass is 35.5. The van der Waals surface area contributed by atoms with E-state index in [0.717, 1.165) is 29.4 Å². The average molecular weight is 407 g/mol. The van der Waals surface area contributed by atoms with Crippen molar-refractivity contribution >= 4 is 11.6 Å². The largest absolute Gasteiger partial charge is 0.205 e. The first-order chi connectivity index (χ1) is 14.1. The van der Waals surface area contributed by atoms with E-state index in [1.54, 1.807) is 6.07 Å². The number of hydrogen-bond donors (Lipinski definition) is 0. The molecule has 0 radical (unpaired) electrons. The Morgan fingerprint density at radius 3 is 2.14 bits per heavy atom. The third kappa shape index (κ3) is 5.08. The van der Waals surface area contributed by atoms with E-state index in [0.29, 0.717) is 0 Å². The highest BCUT2D eigenvalue weighted by molar-refractivity contribution is 6.30. The van der Waals surface area contributed by atoms with E-state index >= 15 is 0 Å². The fraction of sp³-hybridized carbons (Fsp3) is 0.333. The Balaban J connectivity index is 1.28. The lowest BCUT2D eigenvalue weighted by atomic mass is 9.77. The van der Waals surface area contributed by atoms with E-state index in [1.807, 2.05) is 6.07 Å². The molecule has 3 aromatic carbocycles. The van der Waals surface area contributed by atoms with Crippen LogP contribution in [0.1, 0.15) is 54.7 Å². The molecule has 0 bridgehead atoms. The molecule has 0 heterocycles. The summed E-state index contributed by atoms with van der Waals surface area (Å²) in [6.45, 7) is 2.15. The Kier molecular flexibility index (Phi) is 6.35. The lowest BCUT2D eigenvalue weighted by molar-refractivity contribution is 0.310. The topological polar surface area (TPSA) is 0 Å². The van der Waals surface area contributed by atoms with Gasteiger partial charge in [-0.05, 0) is 91.7 Å². The first-order valence-corrected chi connectivity index (χ1v) is 11.1. The monoisotopic (exact) mass is 406 g/mol. The second kappa shape index (κ2) is 9.13. The second-order valence-electron chi connectivity index (χ2n) is 8.49. The summed E-state index contributed by atoms with van der Waals surface area (Å²) in [4.78, 5) is 0. The van der Waals surface area contributed by atoms with Crippen LogP contribution in [0.3, 0.4) is 0 Å². The summed E-state index contributed by atoms with van der Waals surface area (Å²) in [6.07, 6.45) is 7.68. The normalized spacial score (nSPS) is 19.3. The molecule has 3 aromatic rings. The van der Waals surface area contributed by atoms with Gasteiger partial charge in [0.1, 0.15) is 5.82 Å². The summed E-state index contributed by atoms with van der Waals surface area (Å²) in [5.41, 5.74) is 6.12. The lowest BCUT2D eigenvalue weighted by Crippen LogP contribution is -2.14. The van der Waals surface area contributed by atoms with Gasteiger partial charge in [0, 0.05) is 0 Å². The molecule has 0 spiro atoms. The van der Waals surface area contributed by atoms with Gasteiger partial charge in [0.05, 0.1) is 5.02 Å². The van der Waals surface area contributed by atoms with Crippen molar-refractivity contribution in [3.8, 4) is 11.1 Å². The van der Waals surface area contributed by atoms with Gasteiger partial charge < -0.3 is 0 Å². The van der Waals surface area contributed by atoms with Gasteiger partial charge in [0.2, 0.25) is 0 Å². The van der Waals surface area contributed by atoms with Crippen LogP contribution in [-0.4, -0.2) is 0 Å². The molecule has 2 heteroatoms. The molecule has 1 saturated carbocycles. The highest BCUT2D eigenvalue weighted by Crippen LogP contribution is 2.37. The molecule has 0 saturated heterocycles. The summed E-state index contributed by atoms with van der Waals surface area (Å²) in [7, 11) is 0. The first-order valence-electron chi connectivity index (χ1n) is 10.7. The van der Waals surface area contributed by atoms with Crippen molar-refractivity contribution < 1.29 is 4.39 Å². The van der Waals surface area contributed by atoms with Crippen LogP contribution in [0.25, 0.3) is 11.1 Å². The third-order valence-corrected chi connectivity index (χ3v) is 6.75. The predicted octanol–water partition coefficient (Wildman–Crippen LogP) is 8.36. The van der Waals surface area contributed by atoms with Crippen LogP contribution in [0.2, 0.25) is 5.02 Å². The van der Waals surface area contributed by atoms with Gasteiger partial charge in [-0.1, -0.05) is 71.8 Å². The van der Waals surface area contributed by atoms with E-state index in [1.165, 1.54) is 54.9 Å². The predicted molar refractivity (Wildman–Crippen MR) is 121 cm³/mol. The van der Waals surface area contributed by atoms with E-state index in [9.17, 15) is 4.39 Å². The van der Waals surface area contributed by atoms with E-state index in [-0.39, 0.29) is 10.8 Å². The Bertz CT molecular complexity index is 935. The first kappa shape index (κ1) is 20.2. The quantitative estimate of drug-likeness (QED) is 0.399. The highest BCUT2D eigenvalue weighted by Gasteiger charge is 2.22. The number of halogens is 2. The van der Waals surface area contributed by atoms with Crippen molar-refractivity contribution in [2.75, 3.05) is 0 Å². The van der Waals surface area contributed by atoms with Crippen LogP contribution in [0.4, 0.5) is 4.39 Å². The van der Waals surface area contributed by atoms with E-state index < -0.39 is 0 Å². The van der Waals surface area contributed by atoms with Crippen molar-refractivity contribution in [1.29, 1.82) is 0 Å². The maximum absolute atomic E-state index is 13.7. The van der Waals surface area contributed by atoms with Crippen LogP contribution in [0, 0.1) is 18.7 Å². The van der Waals surface area contributed by atoms with Crippen LogP contribution >= 0.6 is 11.6 Å². The van der Waals surface area contributed by atoms with Crippen LogP contribution in [0.5, 0.6) is 0 Å². The molecule has 0 aromatic heterocycles. The van der Waals surface area contributed by atoms with Gasteiger partial charge in [0.15, 0.2) is 0 Å². The fourth-order valence-electron chi connectivity index (χ4n) is 4.53. The summed E-state index contributed by atoms with van der Waals surface area (Å²) in [5.74, 6) is 1.21. The zero-order valence-corrected chi connectivity index (χ0v) is 17.8. The molecule has 150 valence electrons. The van der Waals surface area contributed by atoms with Crippen LogP contribution in [-0.2, 0) is 6.42 Å². The minimum Gasteiger partial charge on any atom is -0.205 e. The molecule has 0 atom stereocenters. The summed E-state index contributed by atoms with van der Waals surface area (Å²) < 4.78 is 13.7. The molecule has 1 aliphatic rings. The number of hydrogen-bond acceptors (Lipinski definition) is 0. The van der Waals surface area contributed by atoms with Crippen molar-refractivity contribution in [1.82, 2.24) is 0 Å². The van der Waals surface area contributed by atoms with E-state index in [2.05, 4.69) is 55.5 Å².